The lowest BCUT2D eigenvalue weighted by atomic mass is 10.0. The number of aliphatic imine (C=N–C) groups is 1. The predicted molar refractivity (Wildman–Crippen MR) is 87.3 cm³/mol. The van der Waals surface area contributed by atoms with Crippen LogP contribution in [0.1, 0.15) is 30.9 Å². The number of hydrogen-bond acceptors (Lipinski definition) is 3. The van der Waals surface area contributed by atoms with E-state index in [2.05, 4.69) is 31.0 Å². The second-order valence-corrected chi connectivity index (χ2v) is 7.36. The van der Waals surface area contributed by atoms with Crippen LogP contribution in [0.2, 0.25) is 0 Å². The molecule has 0 radical (unpaired) electrons. The molecule has 2 aromatic carbocycles. The molecule has 0 amide bonds. The fraction of sp³-hybridized carbons (Fsp3) is 0.235. The minimum Gasteiger partial charge on any atom is -0.256 e. The Hall–Kier alpha value is -1.94. The molecule has 0 N–H and O–H groups in total. The first-order valence-electron chi connectivity index (χ1n) is 6.80. The van der Waals surface area contributed by atoms with E-state index in [1.165, 1.54) is 11.8 Å². The van der Waals surface area contributed by atoms with Crippen LogP contribution in [0.4, 0.5) is 5.69 Å². The summed E-state index contributed by atoms with van der Waals surface area (Å²) in [4.78, 5) is 4.66. The SMILES string of the molecule is CC(C)c1ccc(C=Nc2ccc(S(C)(=O)=O)cc2)cc1. The Labute approximate surface area is 126 Å². The number of benzene rings is 2. The highest BCUT2D eigenvalue weighted by Gasteiger charge is 2.05. The molecule has 21 heavy (non-hydrogen) atoms. The lowest BCUT2D eigenvalue weighted by molar-refractivity contribution is 0.602. The monoisotopic (exact) mass is 301 g/mol. The summed E-state index contributed by atoms with van der Waals surface area (Å²) in [7, 11) is -3.15. The molecule has 0 aromatic heterocycles. The third-order valence-electron chi connectivity index (χ3n) is 3.23. The van der Waals surface area contributed by atoms with Crippen LogP contribution in [0, 0.1) is 0 Å². The summed E-state index contributed by atoms with van der Waals surface area (Å²) in [5.74, 6) is 0.513. The largest absolute Gasteiger partial charge is 0.256 e. The van der Waals surface area contributed by atoms with E-state index in [0.717, 1.165) is 11.3 Å². The molecule has 110 valence electrons. The van der Waals surface area contributed by atoms with Gasteiger partial charge >= 0.3 is 0 Å². The molecule has 0 atom stereocenters. The predicted octanol–water partition coefficient (Wildman–Crippen LogP) is 3.96. The van der Waals surface area contributed by atoms with Crippen molar-refractivity contribution in [3.05, 3.63) is 59.7 Å². The van der Waals surface area contributed by atoms with Gasteiger partial charge < -0.3 is 0 Å². The van der Waals surface area contributed by atoms with Crippen molar-refractivity contribution in [2.24, 2.45) is 4.99 Å². The van der Waals surface area contributed by atoms with Crippen molar-refractivity contribution in [1.82, 2.24) is 0 Å². The second-order valence-electron chi connectivity index (χ2n) is 5.35. The second kappa shape index (κ2) is 6.22. The lowest BCUT2D eigenvalue weighted by Crippen LogP contribution is -1.95. The summed E-state index contributed by atoms with van der Waals surface area (Å²) in [5, 5.41) is 0. The minimum absolute atomic E-state index is 0.308. The molecule has 0 bridgehead atoms. The Kier molecular flexibility index (Phi) is 4.58. The molecule has 4 heteroatoms. The molecular formula is C17H19NO2S. The third-order valence-corrected chi connectivity index (χ3v) is 4.36. The van der Waals surface area contributed by atoms with E-state index < -0.39 is 9.84 Å². The van der Waals surface area contributed by atoms with Gasteiger partial charge in [0.2, 0.25) is 0 Å². The van der Waals surface area contributed by atoms with E-state index in [-0.39, 0.29) is 0 Å². The first-order valence-corrected chi connectivity index (χ1v) is 8.69. The van der Waals surface area contributed by atoms with Gasteiger partial charge in [-0.05, 0) is 41.3 Å². The van der Waals surface area contributed by atoms with Crippen LogP contribution in [0.3, 0.4) is 0 Å². The highest BCUT2D eigenvalue weighted by molar-refractivity contribution is 7.90. The van der Waals surface area contributed by atoms with Crippen molar-refractivity contribution >= 4 is 21.7 Å². The van der Waals surface area contributed by atoms with Gasteiger partial charge in [0, 0.05) is 12.5 Å². The van der Waals surface area contributed by atoms with Crippen LogP contribution in [-0.2, 0) is 9.84 Å². The van der Waals surface area contributed by atoms with E-state index in [1.807, 2.05) is 12.1 Å². The lowest BCUT2D eigenvalue weighted by Gasteiger charge is -2.04. The Morgan fingerprint density at radius 2 is 1.52 bits per heavy atom. The first-order chi connectivity index (χ1) is 9.86. The zero-order valence-corrected chi connectivity index (χ0v) is 13.3. The molecule has 0 aliphatic rings. The number of rotatable bonds is 4. The molecular weight excluding hydrogens is 282 g/mol. The molecule has 2 rings (SSSR count). The molecule has 0 heterocycles. The highest BCUT2D eigenvalue weighted by Crippen LogP contribution is 2.17. The van der Waals surface area contributed by atoms with Crippen LogP contribution in [0.15, 0.2) is 58.4 Å². The van der Waals surface area contributed by atoms with Crippen molar-refractivity contribution in [3.63, 3.8) is 0 Å². The number of hydrogen-bond donors (Lipinski definition) is 0. The summed E-state index contributed by atoms with van der Waals surface area (Å²) in [6, 6.07) is 14.8. The topological polar surface area (TPSA) is 46.5 Å². The molecule has 0 fully saturated rings. The van der Waals surface area contributed by atoms with Gasteiger partial charge in [-0.25, -0.2) is 8.42 Å². The Bertz CT molecular complexity index is 727. The van der Waals surface area contributed by atoms with Crippen molar-refractivity contribution in [3.8, 4) is 0 Å². The smallest absolute Gasteiger partial charge is 0.175 e. The molecule has 0 saturated carbocycles. The van der Waals surface area contributed by atoms with Gasteiger partial charge in [0.05, 0.1) is 10.6 Å². The number of nitrogens with zero attached hydrogens (tertiary/aromatic N) is 1. The molecule has 0 saturated heterocycles. The maximum atomic E-state index is 11.4. The minimum atomic E-state index is -3.15. The van der Waals surface area contributed by atoms with E-state index in [4.69, 9.17) is 0 Å². The summed E-state index contributed by atoms with van der Waals surface area (Å²) in [5.41, 5.74) is 3.05. The maximum Gasteiger partial charge on any atom is 0.175 e. The van der Waals surface area contributed by atoms with E-state index in [1.54, 1.807) is 30.5 Å². The van der Waals surface area contributed by atoms with Crippen molar-refractivity contribution in [1.29, 1.82) is 0 Å². The van der Waals surface area contributed by atoms with Crippen LogP contribution < -0.4 is 0 Å². The zero-order valence-electron chi connectivity index (χ0n) is 12.4. The highest BCUT2D eigenvalue weighted by atomic mass is 32.2. The zero-order chi connectivity index (χ0) is 15.5. The Morgan fingerprint density at radius 3 is 2.00 bits per heavy atom. The van der Waals surface area contributed by atoms with Gasteiger partial charge in [-0.15, -0.1) is 0 Å². The molecule has 0 aliphatic carbocycles. The summed E-state index contributed by atoms with van der Waals surface area (Å²) >= 11 is 0. The van der Waals surface area contributed by atoms with Crippen LogP contribution >= 0.6 is 0 Å². The molecule has 0 aliphatic heterocycles. The summed E-state index contributed by atoms with van der Waals surface area (Å²) in [6.45, 7) is 4.32. The van der Waals surface area contributed by atoms with Crippen LogP contribution in [0.25, 0.3) is 0 Å². The normalized spacial score (nSPS) is 12.2. The van der Waals surface area contributed by atoms with Crippen LogP contribution in [0.5, 0.6) is 0 Å². The van der Waals surface area contributed by atoms with E-state index in [0.29, 0.717) is 10.8 Å². The Morgan fingerprint density at radius 1 is 0.952 bits per heavy atom. The van der Waals surface area contributed by atoms with E-state index in [9.17, 15) is 8.42 Å². The summed E-state index contributed by atoms with van der Waals surface area (Å²) in [6.07, 6.45) is 2.97. The quantitative estimate of drug-likeness (QED) is 0.802. The maximum absolute atomic E-state index is 11.4. The summed E-state index contributed by atoms with van der Waals surface area (Å²) < 4.78 is 22.7. The fourth-order valence-electron chi connectivity index (χ4n) is 1.90. The van der Waals surface area contributed by atoms with Gasteiger partial charge in [-0.1, -0.05) is 38.1 Å². The van der Waals surface area contributed by atoms with Gasteiger partial charge in [0.25, 0.3) is 0 Å². The van der Waals surface area contributed by atoms with Gasteiger partial charge in [-0.2, -0.15) is 0 Å². The average molecular weight is 301 g/mol. The fourth-order valence-corrected chi connectivity index (χ4v) is 2.53. The van der Waals surface area contributed by atoms with Crippen molar-refractivity contribution < 1.29 is 8.42 Å². The van der Waals surface area contributed by atoms with Crippen molar-refractivity contribution in [2.45, 2.75) is 24.7 Å². The van der Waals surface area contributed by atoms with Crippen LogP contribution in [-0.4, -0.2) is 20.9 Å². The molecule has 0 spiro atoms. The van der Waals surface area contributed by atoms with Gasteiger partial charge in [-0.3, -0.25) is 4.99 Å². The average Bonchev–Trinajstić information content (AvgIpc) is 2.45. The standard InChI is InChI=1S/C17H19NO2S/c1-13(2)15-6-4-14(5-7-15)12-18-16-8-10-17(11-9-16)21(3,19)20/h4-13H,1-3H3. The molecule has 2 aromatic rings. The number of sulfone groups is 1. The Balaban J connectivity index is 2.14. The van der Waals surface area contributed by atoms with Crippen molar-refractivity contribution in [2.75, 3.05) is 6.26 Å². The third kappa shape index (κ3) is 4.26. The van der Waals surface area contributed by atoms with E-state index >= 15 is 0 Å². The molecule has 0 unspecified atom stereocenters. The van der Waals surface area contributed by atoms with Gasteiger partial charge in [0.1, 0.15) is 0 Å². The first kappa shape index (κ1) is 15.4. The van der Waals surface area contributed by atoms with Gasteiger partial charge in [0.15, 0.2) is 9.84 Å². The molecule has 3 nitrogen and oxygen atoms in total.